The van der Waals surface area contributed by atoms with Gasteiger partial charge >= 0.3 is 5.69 Å². The number of nitrogens with one attached hydrogen (secondary N) is 2. The number of H-pyrrole nitrogens is 2. The van der Waals surface area contributed by atoms with Crippen LogP contribution in [-0.4, -0.2) is 40.4 Å². The molecule has 1 amide bonds. The molecule has 8 heteroatoms. The van der Waals surface area contributed by atoms with Gasteiger partial charge in [-0.05, 0) is 51.0 Å². The maximum Gasteiger partial charge on any atom is 0.340 e. The van der Waals surface area contributed by atoms with Crippen molar-refractivity contribution in [2.75, 3.05) is 18.6 Å². The van der Waals surface area contributed by atoms with E-state index in [-0.39, 0.29) is 24.0 Å². The quantitative estimate of drug-likeness (QED) is 0.847. The summed E-state index contributed by atoms with van der Waals surface area (Å²) in [5.74, 6) is 0.967. The smallest absolute Gasteiger partial charge is 0.340 e. The molecule has 3 rings (SSSR count). The number of benzene rings is 1. The maximum atomic E-state index is 13.3. The number of hydrogen-bond acceptors (Lipinski definition) is 5. The zero-order valence-electron chi connectivity index (χ0n) is 15.2. The van der Waals surface area contributed by atoms with Gasteiger partial charge in [-0.2, -0.15) is 5.10 Å². The van der Waals surface area contributed by atoms with E-state index in [2.05, 4.69) is 15.2 Å². The van der Waals surface area contributed by atoms with Crippen LogP contribution >= 0.6 is 0 Å². The number of aromatic nitrogens is 3. The first-order chi connectivity index (χ1) is 12.4. The lowest BCUT2D eigenvalue weighted by Gasteiger charge is -2.37. The average molecular weight is 360 g/mol. The van der Waals surface area contributed by atoms with E-state index in [1.807, 2.05) is 26.0 Å². The average Bonchev–Trinajstić information content (AvgIpc) is 3.03. The van der Waals surface area contributed by atoms with Crippen LogP contribution < -0.4 is 15.3 Å². The summed E-state index contributed by atoms with van der Waals surface area (Å²) in [6, 6.07) is 7.26. The molecule has 2 N–H and O–H groups in total. The molecule has 1 aromatic carbocycles. The Morgan fingerprint density at radius 3 is 2.69 bits per heavy atom. The lowest BCUT2D eigenvalue weighted by molar-refractivity contribution is -0.132. The van der Waals surface area contributed by atoms with Crippen molar-refractivity contribution in [3.63, 3.8) is 0 Å². The van der Waals surface area contributed by atoms with Crippen LogP contribution in [0.2, 0.25) is 0 Å². The van der Waals surface area contributed by atoms with Crippen molar-refractivity contribution >= 4 is 11.6 Å². The van der Waals surface area contributed by atoms with Gasteiger partial charge in [-0.1, -0.05) is 0 Å². The highest BCUT2D eigenvalue weighted by atomic mass is 16.5. The fraction of sp³-hybridized carbons (Fsp3) is 0.500. The molecule has 140 valence electrons. The highest BCUT2D eigenvalue weighted by molar-refractivity contribution is 5.95. The Bertz CT molecular complexity index is 809. The summed E-state index contributed by atoms with van der Waals surface area (Å²) < 4.78 is 10.9. The van der Waals surface area contributed by atoms with Crippen molar-refractivity contribution in [2.45, 2.75) is 38.8 Å². The zero-order valence-corrected chi connectivity index (χ0v) is 15.2. The van der Waals surface area contributed by atoms with Gasteiger partial charge in [0.05, 0.1) is 19.3 Å². The van der Waals surface area contributed by atoms with Gasteiger partial charge in [-0.3, -0.25) is 9.78 Å². The lowest BCUT2D eigenvalue weighted by Crippen LogP contribution is -2.43. The Balaban J connectivity index is 1.88. The molecule has 0 radical (unpaired) electrons. The number of nitrogens with zero attached hydrogens (tertiary/aromatic N) is 2. The number of carbonyl (C=O) groups is 1. The number of methoxy groups -OCH3 is 1. The van der Waals surface area contributed by atoms with Crippen molar-refractivity contribution in [2.24, 2.45) is 5.92 Å². The van der Waals surface area contributed by atoms with E-state index in [0.717, 1.165) is 5.69 Å². The van der Waals surface area contributed by atoms with Crippen molar-refractivity contribution < 1.29 is 14.3 Å². The van der Waals surface area contributed by atoms with Crippen molar-refractivity contribution in [1.82, 2.24) is 15.2 Å². The second-order valence-electron chi connectivity index (χ2n) is 7.04. The molecule has 0 bridgehead atoms. The molecule has 0 saturated carbocycles. The van der Waals surface area contributed by atoms with Crippen molar-refractivity contribution in [3.8, 4) is 5.75 Å². The van der Waals surface area contributed by atoms with Gasteiger partial charge in [0.25, 0.3) is 0 Å². The first kappa shape index (κ1) is 18.2. The number of ether oxygens (including phenoxy) is 2. The molecule has 1 saturated heterocycles. The second-order valence-corrected chi connectivity index (χ2v) is 7.04. The molecular formula is C18H24N4O4. The molecule has 26 heavy (non-hydrogen) atoms. The molecule has 1 atom stereocenters. The minimum absolute atomic E-state index is 0.00427. The van der Waals surface area contributed by atoms with E-state index >= 15 is 0 Å². The number of anilines is 1. The monoisotopic (exact) mass is 360 g/mol. The van der Waals surface area contributed by atoms with E-state index < -0.39 is 5.69 Å². The standard InChI is InChI=1S/C18H24N4O4/c1-18(2)10-12(8-9-26-18)16(23)22(11-15-19-17(24)21-20-15)13-4-6-14(25-3)7-5-13/h4-7,12H,8-11H2,1-3H3,(H2,19,20,21,24). The first-order valence-electron chi connectivity index (χ1n) is 8.61. The largest absolute Gasteiger partial charge is 0.497 e. The molecule has 8 nitrogen and oxygen atoms in total. The Kier molecular flexibility index (Phi) is 5.13. The third-order valence-electron chi connectivity index (χ3n) is 4.55. The van der Waals surface area contributed by atoms with Crippen LogP contribution in [0.4, 0.5) is 5.69 Å². The maximum absolute atomic E-state index is 13.3. The van der Waals surface area contributed by atoms with Gasteiger partial charge in [0.2, 0.25) is 5.91 Å². The van der Waals surface area contributed by atoms with Gasteiger partial charge in [0, 0.05) is 18.2 Å². The van der Waals surface area contributed by atoms with E-state index in [1.54, 1.807) is 24.1 Å². The molecule has 1 unspecified atom stereocenters. The molecular weight excluding hydrogens is 336 g/mol. The highest BCUT2D eigenvalue weighted by Crippen LogP contribution is 2.32. The zero-order chi connectivity index (χ0) is 18.7. The lowest BCUT2D eigenvalue weighted by atomic mass is 9.87. The Morgan fingerprint density at radius 1 is 1.38 bits per heavy atom. The van der Waals surface area contributed by atoms with Crippen LogP contribution in [-0.2, 0) is 16.1 Å². The summed E-state index contributed by atoms with van der Waals surface area (Å²) in [5, 5.41) is 6.27. The third-order valence-corrected chi connectivity index (χ3v) is 4.55. The normalized spacial score (nSPS) is 19.1. The Morgan fingerprint density at radius 2 is 2.12 bits per heavy atom. The van der Waals surface area contributed by atoms with Gasteiger partial charge in [-0.15, -0.1) is 0 Å². The first-order valence-corrected chi connectivity index (χ1v) is 8.61. The van der Waals surface area contributed by atoms with Crippen molar-refractivity contribution in [3.05, 3.63) is 40.6 Å². The SMILES string of the molecule is COc1ccc(N(Cc2n[nH]c(=O)[nH]2)C(=O)C2CCOC(C)(C)C2)cc1. The fourth-order valence-electron chi connectivity index (χ4n) is 3.25. The Hall–Kier alpha value is -2.61. The molecule has 0 aliphatic carbocycles. The van der Waals surface area contributed by atoms with Crippen LogP contribution in [0.25, 0.3) is 0 Å². The van der Waals surface area contributed by atoms with E-state index in [0.29, 0.717) is 31.0 Å². The van der Waals surface area contributed by atoms with E-state index in [1.165, 1.54) is 0 Å². The predicted octanol–water partition coefficient (Wildman–Crippen LogP) is 1.84. The van der Waals surface area contributed by atoms with Gasteiger partial charge in [-0.25, -0.2) is 9.89 Å². The summed E-state index contributed by atoms with van der Waals surface area (Å²) >= 11 is 0. The molecule has 1 fully saturated rings. The number of rotatable bonds is 5. The van der Waals surface area contributed by atoms with Crippen LogP contribution in [0.1, 0.15) is 32.5 Å². The van der Waals surface area contributed by atoms with Crippen LogP contribution in [0.5, 0.6) is 5.75 Å². The number of hydrogen-bond donors (Lipinski definition) is 2. The summed E-state index contributed by atoms with van der Waals surface area (Å²) in [7, 11) is 1.59. The highest BCUT2D eigenvalue weighted by Gasteiger charge is 2.35. The van der Waals surface area contributed by atoms with Crippen LogP contribution in [0.15, 0.2) is 29.1 Å². The molecule has 0 spiro atoms. The fourth-order valence-corrected chi connectivity index (χ4v) is 3.25. The van der Waals surface area contributed by atoms with Crippen LogP contribution in [0.3, 0.4) is 0 Å². The minimum Gasteiger partial charge on any atom is -0.497 e. The number of aromatic amines is 2. The van der Waals surface area contributed by atoms with E-state index in [4.69, 9.17) is 9.47 Å². The molecule has 2 aromatic rings. The summed E-state index contributed by atoms with van der Waals surface area (Å²) in [5.41, 5.74) is 0.00317. The van der Waals surface area contributed by atoms with Gasteiger partial charge in [0.15, 0.2) is 5.82 Å². The van der Waals surface area contributed by atoms with Gasteiger partial charge in [0.1, 0.15) is 5.75 Å². The summed E-state index contributed by atoms with van der Waals surface area (Å²) in [4.78, 5) is 28.9. The molecule has 1 aliphatic heterocycles. The summed E-state index contributed by atoms with van der Waals surface area (Å²) in [6.07, 6.45) is 1.32. The number of carbonyl (C=O) groups excluding carboxylic acids is 1. The van der Waals surface area contributed by atoms with Crippen LogP contribution in [0, 0.1) is 5.92 Å². The minimum atomic E-state index is -0.394. The topological polar surface area (TPSA) is 100 Å². The third kappa shape index (κ3) is 4.13. The van der Waals surface area contributed by atoms with Gasteiger partial charge < -0.3 is 14.4 Å². The predicted molar refractivity (Wildman–Crippen MR) is 96.1 cm³/mol. The Labute approximate surface area is 151 Å². The molecule has 1 aromatic heterocycles. The molecule has 2 heterocycles. The second kappa shape index (κ2) is 7.33. The summed E-state index contributed by atoms with van der Waals surface area (Å²) in [6.45, 7) is 4.73. The molecule has 1 aliphatic rings. The van der Waals surface area contributed by atoms with E-state index in [9.17, 15) is 9.59 Å². The number of amides is 1. The van der Waals surface area contributed by atoms with Crippen molar-refractivity contribution in [1.29, 1.82) is 0 Å².